The van der Waals surface area contributed by atoms with E-state index in [2.05, 4.69) is 5.32 Å². The van der Waals surface area contributed by atoms with Gasteiger partial charge in [-0.05, 0) is 75.1 Å². The lowest BCUT2D eigenvalue weighted by molar-refractivity contribution is -0.116. The van der Waals surface area contributed by atoms with Crippen LogP contribution in [0, 0.1) is 0 Å². The molecule has 0 saturated carbocycles. The van der Waals surface area contributed by atoms with Crippen molar-refractivity contribution in [1.82, 2.24) is 4.31 Å². The van der Waals surface area contributed by atoms with Crippen LogP contribution < -0.4 is 15.0 Å². The molecule has 1 saturated heterocycles. The number of benzene rings is 2. The number of amides is 1. The maximum Gasteiger partial charge on any atom is 0.246 e. The number of fused-ring (bicyclic) bond motifs is 1. The van der Waals surface area contributed by atoms with Crippen molar-refractivity contribution in [2.75, 3.05) is 36.5 Å². The van der Waals surface area contributed by atoms with E-state index in [1.165, 1.54) is 11.2 Å². The molecule has 4 rings (SSSR count). The maximum absolute atomic E-state index is 13.2. The number of Topliss-reactive ketones (excluding diaryl/α,β-unsaturated/α-hetero) is 1. The summed E-state index contributed by atoms with van der Waals surface area (Å²) in [5.41, 5.74) is 2.92. The predicted octanol–water partition coefficient (Wildman–Crippen LogP) is 3.46. The van der Waals surface area contributed by atoms with E-state index >= 15 is 0 Å². The summed E-state index contributed by atoms with van der Waals surface area (Å²) in [7, 11) is -3.69. The van der Waals surface area contributed by atoms with Crippen molar-refractivity contribution in [1.29, 1.82) is 0 Å². The summed E-state index contributed by atoms with van der Waals surface area (Å²) in [6.07, 6.45) is 2.41. The Morgan fingerprint density at radius 2 is 1.82 bits per heavy atom. The number of nitrogens with one attached hydrogen (secondary N) is 1. The number of hydrogen-bond donors (Lipinski definition) is 1. The number of carbonyl (C=O) groups excluding carboxylic acids is 2. The van der Waals surface area contributed by atoms with Crippen molar-refractivity contribution in [3.8, 4) is 5.75 Å². The Kier molecular flexibility index (Phi) is 6.95. The number of ketones is 1. The minimum Gasteiger partial charge on any atom is -0.492 e. The minimum absolute atomic E-state index is 0.0111. The predicted molar refractivity (Wildman–Crippen MR) is 131 cm³/mol. The number of hydrogen-bond acceptors (Lipinski definition) is 6. The average Bonchev–Trinajstić information content (AvgIpc) is 3.50. The second-order valence-corrected chi connectivity index (χ2v) is 10.6. The van der Waals surface area contributed by atoms with Crippen molar-refractivity contribution >= 4 is 33.1 Å². The Balaban J connectivity index is 1.55. The Morgan fingerprint density at radius 1 is 1.09 bits per heavy atom. The van der Waals surface area contributed by atoms with Gasteiger partial charge in [0, 0.05) is 43.5 Å². The molecule has 2 aromatic carbocycles. The Hall–Kier alpha value is -2.91. The zero-order chi connectivity index (χ0) is 24.5. The second-order valence-electron chi connectivity index (χ2n) is 8.70. The first kappa shape index (κ1) is 24.2. The van der Waals surface area contributed by atoms with Gasteiger partial charge in [-0.25, -0.2) is 8.42 Å². The van der Waals surface area contributed by atoms with Crippen LogP contribution in [0.1, 0.15) is 49.5 Å². The molecule has 0 aromatic heterocycles. The van der Waals surface area contributed by atoms with Gasteiger partial charge in [0.2, 0.25) is 15.9 Å². The second kappa shape index (κ2) is 9.76. The van der Waals surface area contributed by atoms with Crippen LogP contribution in [0.5, 0.6) is 5.75 Å². The molecule has 2 heterocycles. The lowest BCUT2D eigenvalue weighted by Crippen LogP contribution is -2.29. The van der Waals surface area contributed by atoms with Gasteiger partial charge in [-0.1, -0.05) is 0 Å². The molecule has 0 radical (unpaired) electrons. The van der Waals surface area contributed by atoms with Crippen LogP contribution in [0.25, 0.3) is 0 Å². The van der Waals surface area contributed by atoms with Gasteiger partial charge in [0.25, 0.3) is 0 Å². The smallest absolute Gasteiger partial charge is 0.246 e. The number of ether oxygens (including phenoxy) is 1. The van der Waals surface area contributed by atoms with Gasteiger partial charge < -0.3 is 15.0 Å². The molecule has 182 valence electrons. The van der Waals surface area contributed by atoms with Crippen molar-refractivity contribution in [2.24, 2.45) is 0 Å². The first-order valence-corrected chi connectivity index (χ1v) is 13.1. The van der Waals surface area contributed by atoms with Crippen LogP contribution in [0.15, 0.2) is 41.3 Å². The number of nitrogens with zero attached hydrogens (tertiary/aromatic N) is 2. The first-order chi connectivity index (χ1) is 16.2. The van der Waals surface area contributed by atoms with Crippen molar-refractivity contribution in [2.45, 2.75) is 51.0 Å². The number of sulfonamides is 1. The molecule has 34 heavy (non-hydrogen) atoms. The van der Waals surface area contributed by atoms with E-state index in [9.17, 15) is 18.0 Å². The SMILES string of the molecule is CCOc1ccc(N[C@@H](C)C(=O)c2ccc3c(c2)CCN3C(C)=O)cc1S(=O)(=O)N1CCCC1. The van der Waals surface area contributed by atoms with Crippen LogP contribution in [0.4, 0.5) is 11.4 Å². The molecule has 0 aliphatic carbocycles. The summed E-state index contributed by atoms with van der Waals surface area (Å²) in [5, 5.41) is 3.15. The fourth-order valence-electron chi connectivity index (χ4n) is 4.59. The molecule has 8 nitrogen and oxygen atoms in total. The number of anilines is 2. The first-order valence-electron chi connectivity index (χ1n) is 11.7. The standard InChI is InChI=1S/C25H31N3O5S/c1-4-33-23-10-8-21(16-24(23)34(31,32)27-12-5-6-13-27)26-17(2)25(30)20-7-9-22-19(15-20)11-14-28(22)18(3)29/h7-10,15-17,26H,4-6,11-14H2,1-3H3/t17-/m0/s1. The van der Waals surface area contributed by atoms with Crippen LogP contribution in [0.3, 0.4) is 0 Å². The van der Waals surface area contributed by atoms with Crippen molar-refractivity contribution < 1.29 is 22.7 Å². The summed E-state index contributed by atoms with van der Waals surface area (Å²) in [4.78, 5) is 26.7. The van der Waals surface area contributed by atoms with E-state index in [1.807, 2.05) is 19.1 Å². The molecular formula is C25H31N3O5S. The van der Waals surface area contributed by atoms with Gasteiger partial charge in [-0.2, -0.15) is 4.31 Å². The fraction of sp³-hybridized carbons (Fsp3) is 0.440. The van der Waals surface area contributed by atoms with Gasteiger partial charge >= 0.3 is 0 Å². The molecule has 1 fully saturated rings. The monoisotopic (exact) mass is 485 g/mol. The third-order valence-electron chi connectivity index (χ3n) is 6.34. The summed E-state index contributed by atoms with van der Waals surface area (Å²) < 4.78 is 33.5. The highest BCUT2D eigenvalue weighted by Gasteiger charge is 2.31. The van der Waals surface area contributed by atoms with E-state index in [4.69, 9.17) is 4.74 Å². The number of rotatable bonds is 8. The highest BCUT2D eigenvalue weighted by Crippen LogP contribution is 2.33. The largest absolute Gasteiger partial charge is 0.492 e. The summed E-state index contributed by atoms with van der Waals surface area (Å²) in [6, 6.07) is 9.74. The lowest BCUT2D eigenvalue weighted by Gasteiger charge is -2.20. The van der Waals surface area contributed by atoms with E-state index in [1.54, 1.807) is 36.1 Å². The Labute approximate surface area is 200 Å². The quantitative estimate of drug-likeness (QED) is 0.576. The average molecular weight is 486 g/mol. The molecule has 1 atom stereocenters. The molecule has 0 unspecified atom stereocenters. The topological polar surface area (TPSA) is 96.0 Å². The molecule has 2 aliphatic heterocycles. The Bertz CT molecular complexity index is 1210. The lowest BCUT2D eigenvalue weighted by atomic mass is 10.0. The molecule has 1 N–H and O–H groups in total. The third-order valence-corrected chi connectivity index (χ3v) is 8.26. The third kappa shape index (κ3) is 4.67. The van der Waals surface area contributed by atoms with Crippen LogP contribution in [-0.4, -0.2) is 56.7 Å². The van der Waals surface area contributed by atoms with Crippen molar-refractivity contribution in [3.05, 3.63) is 47.5 Å². The fourth-order valence-corrected chi connectivity index (χ4v) is 6.26. The molecule has 0 spiro atoms. The zero-order valence-corrected chi connectivity index (χ0v) is 20.7. The van der Waals surface area contributed by atoms with E-state index in [0.29, 0.717) is 49.7 Å². The highest BCUT2D eigenvalue weighted by atomic mass is 32.2. The summed E-state index contributed by atoms with van der Waals surface area (Å²) >= 11 is 0. The normalized spacial score (nSPS) is 16.9. The van der Waals surface area contributed by atoms with E-state index < -0.39 is 16.1 Å². The van der Waals surface area contributed by atoms with Gasteiger partial charge in [-0.15, -0.1) is 0 Å². The van der Waals surface area contributed by atoms with E-state index in [-0.39, 0.29) is 16.6 Å². The highest BCUT2D eigenvalue weighted by molar-refractivity contribution is 7.89. The molecular weight excluding hydrogens is 454 g/mol. The van der Waals surface area contributed by atoms with Crippen LogP contribution in [0.2, 0.25) is 0 Å². The molecule has 9 heteroatoms. The van der Waals surface area contributed by atoms with Gasteiger partial charge in [0.1, 0.15) is 10.6 Å². The summed E-state index contributed by atoms with van der Waals surface area (Å²) in [5.74, 6) is 0.192. The Morgan fingerprint density at radius 3 is 2.50 bits per heavy atom. The maximum atomic E-state index is 13.2. The summed E-state index contributed by atoms with van der Waals surface area (Å²) in [6.45, 7) is 7.07. The van der Waals surface area contributed by atoms with Crippen LogP contribution >= 0.6 is 0 Å². The molecule has 2 aliphatic rings. The molecule has 1 amide bonds. The van der Waals surface area contributed by atoms with Crippen molar-refractivity contribution in [3.63, 3.8) is 0 Å². The van der Waals surface area contributed by atoms with Gasteiger partial charge in [-0.3, -0.25) is 9.59 Å². The van der Waals surface area contributed by atoms with Gasteiger partial charge in [0.05, 0.1) is 12.6 Å². The number of carbonyl (C=O) groups is 2. The minimum atomic E-state index is -3.69. The zero-order valence-electron chi connectivity index (χ0n) is 19.8. The van der Waals surface area contributed by atoms with Gasteiger partial charge in [0.15, 0.2) is 5.78 Å². The van der Waals surface area contributed by atoms with E-state index in [0.717, 1.165) is 24.1 Å². The molecule has 2 aromatic rings. The van der Waals surface area contributed by atoms with Crippen LogP contribution in [-0.2, 0) is 21.2 Å². The molecule has 0 bridgehead atoms.